The Morgan fingerprint density at radius 2 is 2.08 bits per heavy atom. The molecule has 1 heterocycles. The average molecular weight is 332 g/mol. The Balaban J connectivity index is 1.50. The van der Waals surface area contributed by atoms with Crippen molar-refractivity contribution < 1.29 is 14.6 Å². The first-order valence-electron chi connectivity index (χ1n) is 8.92. The molecule has 24 heavy (non-hydrogen) atoms. The number of nitrogens with zero attached hydrogens (tertiary/aromatic N) is 1. The molecule has 2 unspecified atom stereocenters. The first-order chi connectivity index (χ1) is 11.5. The lowest BCUT2D eigenvalue weighted by Gasteiger charge is -2.56. The molecule has 2 fully saturated rings. The minimum absolute atomic E-state index is 0.0239. The highest BCUT2D eigenvalue weighted by Crippen LogP contribution is 2.50. The van der Waals surface area contributed by atoms with E-state index in [9.17, 15) is 9.90 Å². The molecule has 0 bridgehead atoms. The fourth-order valence-electron chi connectivity index (χ4n) is 4.05. The van der Waals surface area contributed by atoms with E-state index < -0.39 is 0 Å². The summed E-state index contributed by atoms with van der Waals surface area (Å²) in [5, 5.41) is 13.2. The maximum Gasteiger partial charge on any atom is 0.238 e. The number of aryl methyl sites for hydroxylation is 1. The summed E-state index contributed by atoms with van der Waals surface area (Å²) in [6.45, 7) is 6.76. The summed E-state index contributed by atoms with van der Waals surface area (Å²) < 4.78 is 5.79. The van der Waals surface area contributed by atoms with Crippen molar-refractivity contribution in [3.8, 4) is 0 Å². The van der Waals surface area contributed by atoms with Gasteiger partial charge < -0.3 is 15.2 Å². The number of aliphatic hydroxyl groups excluding tert-OH is 1. The lowest BCUT2D eigenvalue weighted by atomic mass is 9.58. The monoisotopic (exact) mass is 332 g/mol. The Morgan fingerprint density at radius 1 is 1.38 bits per heavy atom. The van der Waals surface area contributed by atoms with Gasteiger partial charge in [0.15, 0.2) is 0 Å². The molecule has 1 amide bonds. The van der Waals surface area contributed by atoms with Gasteiger partial charge in [-0.1, -0.05) is 18.2 Å². The lowest BCUT2D eigenvalue weighted by molar-refractivity contribution is -0.209. The molecule has 2 N–H and O–H groups in total. The van der Waals surface area contributed by atoms with Crippen LogP contribution in [0.2, 0.25) is 0 Å². The van der Waals surface area contributed by atoms with E-state index in [1.54, 1.807) is 0 Å². The molecule has 5 heteroatoms. The molecule has 2 aliphatic rings. The number of likely N-dealkylation sites (tertiary alicyclic amines) is 1. The third kappa shape index (κ3) is 3.34. The van der Waals surface area contributed by atoms with Crippen LogP contribution in [0, 0.1) is 12.3 Å². The maximum atomic E-state index is 12.3. The molecule has 132 valence electrons. The second-order valence-electron chi connectivity index (χ2n) is 7.07. The number of piperidine rings is 1. The smallest absolute Gasteiger partial charge is 0.238 e. The normalized spacial score (nSPS) is 26.1. The minimum Gasteiger partial charge on any atom is -0.392 e. The fraction of sp³-hybridized carbons (Fsp3) is 0.632. The van der Waals surface area contributed by atoms with Crippen molar-refractivity contribution in [3.05, 3.63) is 29.8 Å². The average Bonchev–Trinajstić information content (AvgIpc) is 2.57. The Hall–Kier alpha value is -1.43. The molecule has 0 aromatic heterocycles. The lowest BCUT2D eigenvalue weighted by Crippen LogP contribution is -2.62. The van der Waals surface area contributed by atoms with E-state index in [-0.39, 0.29) is 23.5 Å². The topological polar surface area (TPSA) is 61.8 Å². The zero-order valence-electron chi connectivity index (χ0n) is 14.6. The Kier molecular flexibility index (Phi) is 5.23. The molecule has 3 rings (SSSR count). The van der Waals surface area contributed by atoms with Crippen molar-refractivity contribution in [2.24, 2.45) is 5.41 Å². The van der Waals surface area contributed by atoms with Gasteiger partial charge in [0.05, 0.1) is 18.8 Å². The van der Waals surface area contributed by atoms with E-state index >= 15 is 0 Å². The second kappa shape index (κ2) is 7.21. The van der Waals surface area contributed by atoms with Crippen molar-refractivity contribution in [2.45, 2.75) is 45.3 Å². The molecule has 1 aromatic rings. The van der Waals surface area contributed by atoms with E-state index in [1.807, 2.05) is 38.1 Å². The molecular formula is C19H28N2O3. The fourth-order valence-corrected chi connectivity index (χ4v) is 4.05. The van der Waals surface area contributed by atoms with E-state index in [2.05, 4.69) is 10.2 Å². The van der Waals surface area contributed by atoms with Crippen molar-refractivity contribution in [1.82, 2.24) is 4.90 Å². The number of benzene rings is 1. The Bertz CT molecular complexity index is 580. The van der Waals surface area contributed by atoms with Crippen LogP contribution in [0.5, 0.6) is 0 Å². The molecule has 2 atom stereocenters. The van der Waals surface area contributed by atoms with Gasteiger partial charge in [-0.2, -0.15) is 0 Å². The van der Waals surface area contributed by atoms with Gasteiger partial charge in [-0.05, 0) is 51.4 Å². The summed E-state index contributed by atoms with van der Waals surface area (Å²) >= 11 is 0. The molecule has 0 radical (unpaired) electrons. The van der Waals surface area contributed by atoms with Gasteiger partial charge in [0.25, 0.3) is 0 Å². The van der Waals surface area contributed by atoms with Gasteiger partial charge in [0, 0.05) is 24.1 Å². The number of nitrogens with one attached hydrogen (secondary N) is 1. The highest BCUT2D eigenvalue weighted by Gasteiger charge is 2.55. The zero-order chi connectivity index (χ0) is 17.2. The van der Waals surface area contributed by atoms with Gasteiger partial charge in [0.2, 0.25) is 5.91 Å². The van der Waals surface area contributed by atoms with Crippen LogP contribution in [0.4, 0.5) is 5.69 Å². The van der Waals surface area contributed by atoms with Gasteiger partial charge in [-0.3, -0.25) is 9.69 Å². The molecular weight excluding hydrogens is 304 g/mol. The third-order valence-electron chi connectivity index (χ3n) is 5.68. The van der Waals surface area contributed by atoms with Crippen LogP contribution in [-0.2, 0) is 9.53 Å². The number of carbonyl (C=O) groups is 1. The van der Waals surface area contributed by atoms with Crippen molar-refractivity contribution in [1.29, 1.82) is 0 Å². The van der Waals surface area contributed by atoms with Gasteiger partial charge in [-0.15, -0.1) is 0 Å². The van der Waals surface area contributed by atoms with E-state index in [4.69, 9.17) is 4.74 Å². The quantitative estimate of drug-likeness (QED) is 0.868. The summed E-state index contributed by atoms with van der Waals surface area (Å²) in [5.74, 6) is 0.0239. The van der Waals surface area contributed by atoms with Crippen molar-refractivity contribution in [2.75, 3.05) is 31.6 Å². The Labute approximate surface area is 144 Å². The van der Waals surface area contributed by atoms with Crippen LogP contribution in [0.3, 0.4) is 0 Å². The number of anilines is 1. The molecule has 1 aromatic carbocycles. The molecule has 1 saturated heterocycles. The van der Waals surface area contributed by atoms with Crippen LogP contribution < -0.4 is 5.32 Å². The first-order valence-corrected chi connectivity index (χ1v) is 8.92. The number of rotatable bonds is 5. The van der Waals surface area contributed by atoms with Crippen LogP contribution in [0.1, 0.15) is 31.7 Å². The van der Waals surface area contributed by atoms with Crippen LogP contribution in [0.15, 0.2) is 24.3 Å². The SMILES string of the molecule is CCOC1CC(O)C12CCN(CC(=O)Nc1ccccc1C)CC2. The number of hydrogen-bond donors (Lipinski definition) is 2. The van der Waals surface area contributed by atoms with Crippen molar-refractivity contribution in [3.63, 3.8) is 0 Å². The molecule has 5 nitrogen and oxygen atoms in total. The molecule has 1 aliphatic carbocycles. The largest absolute Gasteiger partial charge is 0.392 e. The summed E-state index contributed by atoms with van der Waals surface area (Å²) in [6, 6.07) is 7.81. The van der Waals surface area contributed by atoms with Crippen LogP contribution in [0.25, 0.3) is 0 Å². The maximum absolute atomic E-state index is 12.3. The van der Waals surface area contributed by atoms with Gasteiger partial charge in [0.1, 0.15) is 0 Å². The van der Waals surface area contributed by atoms with E-state index in [0.29, 0.717) is 13.2 Å². The number of hydrogen-bond acceptors (Lipinski definition) is 4. The standard InChI is InChI=1S/C19H28N2O3/c1-3-24-17-12-16(22)19(17)8-10-21(11-9-19)13-18(23)20-15-7-5-4-6-14(15)2/h4-7,16-17,22H,3,8-13H2,1-2H3,(H,20,23). The number of ether oxygens (including phenoxy) is 1. The van der Waals surface area contributed by atoms with Crippen LogP contribution in [-0.4, -0.2) is 54.4 Å². The number of amides is 1. The summed E-state index contributed by atoms with van der Waals surface area (Å²) in [5.41, 5.74) is 1.86. The Morgan fingerprint density at radius 3 is 2.71 bits per heavy atom. The number of carbonyl (C=O) groups excluding carboxylic acids is 1. The molecule has 1 aliphatic heterocycles. The third-order valence-corrected chi connectivity index (χ3v) is 5.68. The first kappa shape index (κ1) is 17.4. The van der Waals surface area contributed by atoms with Gasteiger partial charge >= 0.3 is 0 Å². The van der Waals surface area contributed by atoms with E-state index in [1.165, 1.54) is 0 Å². The second-order valence-corrected chi connectivity index (χ2v) is 7.07. The zero-order valence-corrected chi connectivity index (χ0v) is 14.6. The van der Waals surface area contributed by atoms with Gasteiger partial charge in [-0.25, -0.2) is 0 Å². The van der Waals surface area contributed by atoms with Crippen molar-refractivity contribution >= 4 is 11.6 Å². The molecule has 1 spiro atoms. The highest BCUT2D eigenvalue weighted by atomic mass is 16.5. The van der Waals surface area contributed by atoms with E-state index in [0.717, 1.165) is 43.6 Å². The predicted octanol–water partition coefficient (Wildman–Crippen LogP) is 2.19. The summed E-state index contributed by atoms with van der Waals surface area (Å²) in [6.07, 6.45) is 2.48. The highest BCUT2D eigenvalue weighted by molar-refractivity contribution is 5.92. The summed E-state index contributed by atoms with van der Waals surface area (Å²) in [4.78, 5) is 14.5. The molecule has 1 saturated carbocycles. The summed E-state index contributed by atoms with van der Waals surface area (Å²) in [7, 11) is 0. The minimum atomic E-state index is -0.253. The predicted molar refractivity (Wildman–Crippen MR) is 94.0 cm³/mol. The number of aliphatic hydroxyl groups is 1. The van der Waals surface area contributed by atoms with Crippen LogP contribution >= 0.6 is 0 Å². The number of para-hydroxylation sites is 1.